The quantitative estimate of drug-likeness (QED) is 0.736. The first kappa shape index (κ1) is 14.4. The molecule has 1 aromatic rings. The normalized spacial score (nSPS) is 18.6. The maximum Gasteiger partial charge on any atom is 0.270 e. The molecule has 7 nitrogen and oxygen atoms in total. The second-order valence-corrected chi connectivity index (χ2v) is 6.20. The third kappa shape index (κ3) is 3.71. The van der Waals surface area contributed by atoms with Crippen molar-refractivity contribution in [2.75, 3.05) is 33.2 Å². The lowest BCUT2D eigenvalue weighted by atomic mass is 10.3. The molecule has 3 N–H and O–H groups in total. The van der Waals surface area contributed by atoms with Gasteiger partial charge in [-0.3, -0.25) is 0 Å². The number of hydrogen-bond donors (Lipinski definition) is 2. The molecule has 1 fully saturated rings. The van der Waals surface area contributed by atoms with Gasteiger partial charge >= 0.3 is 0 Å². The van der Waals surface area contributed by atoms with E-state index < -0.39 is 10.0 Å². The van der Waals surface area contributed by atoms with Gasteiger partial charge in [0.15, 0.2) is 5.03 Å². The maximum absolute atomic E-state index is 12.1. The first-order valence-corrected chi connectivity index (χ1v) is 7.60. The summed E-state index contributed by atoms with van der Waals surface area (Å²) in [4.78, 5) is 8.64. The highest BCUT2D eigenvalue weighted by Crippen LogP contribution is 2.07. The van der Waals surface area contributed by atoms with Crippen LogP contribution in [0.15, 0.2) is 23.4 Å². The summed E-state index contributed by atoms with van der Waals surface area (Å²) in [5.41, 5.74) is 6.26. The van der Waals surface area contributed by atoms with E-state index in [1.165, 1.54) is 12.3 Å². The first-order valence-electron chi connectivity index (χ1n) is 6.12. The Kier molecular flexibility index (Phi) is 4.48. The van der Waals surface area contributed by atoms with Gasteiger partial charge in [-0.05, 0) is 18.7 Å². The highest BCUT2D eigenvalue weighted by Gasteiger charge is 2.22. The van der Waals surface area contributed by atoms with Crippen LogP contribution in [0.3, 0.4) is 0 Å². The van der Waals surface area contributed by atoms with Crippen molar-refractivity contribution in [3.8, 4) is 0 Å². The topological polar surface area (TPSA) is 91.6 Å². The van der Waals surface area contributed by atoms with Crippen molar-refractivity contribution in [2.45, 2.75) is 11.6 Å². The number of hydrogen-bond acceptors (Lipinski definition) is 6. The van der Waals surface area contributed by atoms with Crippen molar-refractivity contribution < 1.29 is 8.42 Å². The molecule has 2 rings (SSSR count). The zero-order valence-electron chi connectivity index (χ0n) is 10.9. The van der Waals surface area contributed by atoms with E-state index in [4.69, 9.17) is 5.73 Å². The number of nitrogens with one attached hydrogen (secondary N) is 1. The summed E-state index contributed by atoms with van der Waals surface area (Å²) in [5.74, 6) is 0. The second-order valence-electron chi connectivity index (χ2n) is 4.59. The van der Waals surface area contributed by atoms with Crippen molar-refractivity contribution in [2.24, 2.45) is 5.73 Å². The summed E-state index contributed by atoms with van der Waals surface area (Å²) in [5, 5.41) is 1.72. The number of nitrogens with zero attached hydrogens (tertiary/aromatic N) is 3. The molecule has 0 unspecified atom stereocenters. The molecule has 0 saturated carbocycles. The van der Waals surface area contributed by atoms with Crippen molar-refractivity contribution >= 4 is 10.0 Å². The predicted molar refractivity (Wildman–Crippen MR) is 71.5 cm³/mol. The molecule has 1 saturated heterocycles. The molecule has 19 heavy (non-hydrogen) atoms. The van der Waals surface area contributed by atoms with Crippen molar-refractivity contribution in [3.05, 3.63) is 23.9 Å². The Morgan fingerprint density at radius 1 is 1.32 bits per heavy atom. The average molecular weight is 285 g/mol. The van der Waals surface area contributed by atoms with E-state index in [0.717, 1.165) is 18.7 Å². The molecule has 2 heterocycles. The molecule has 1 aliphatic heterocycles. The van der Waals surface area contributed by atoms with Crippen molar-refractivity contribution in [1.82, 2.24) is 19.7 Å². The van der Waals surface area contributed by atoms with Gasteiger partial charge in [-0.1, -0.05) is 6.07 Å². The summed E-state index contributed by atoms with van der Waals surface area (Å²) in [6, 6.07) is 3.14. The van der Waals surface area contributed by atoms with Crippen LogP contribution < -0.4 is 10.6 Å². The van der Waals surface area contributed by atoms with Gasteiger partial charge in [-0.25, -0.2) is 18.4 Å². The van der Waals surface area contributed by atoms with Crippen LogP contribution in [0, 0.1) is 0 Å². The molecular weight excluding hydrogens is 266 g/mol. The Morgan fingerprint density at radius 3 is 2.53 bits per heavy atom. The van der Waals surface area contributed by atoms with E-state index in [9.17, 15) is 8.42 Å². The van der Waals surface area contributed by atoms with Gasteiger partial charge in [-0.15, -0.1) is 4.83 Å². The Labute approximate surface area is 113 Å². The smallest absolute Gasteiger partial charge is 0.270 e. The fourth-order valence-electron chi connectivity index (χ4n) is 1.81. The second kappa shape index (κ2) is 5.93. The van der Waals surface area contributed by atoms with Gasteiger partial charge in [0.2, 0.25) is 0 Å². The van der Waals surface area contributed by atoms with Gasteiger partial charge in [0.25, 0.3) is 10.0 Å². The molecule has 0 radical (unpaired) electrons. The molecule has 0 bridgehead atoms. The summed E-state index contributed by atoms with van der Waals surface area (Å²) < 4.78 is 24.2. The number of sulfonamides is 1. The van der Waals surface area contributed by atoms with Crippen LogP contribution in [-0.4, -0.2) is 56.5 Å². The van der Waals surface area contributed by atoms with Gasteiger partial charge in [0, 0.05) is 38.9 Å². The lowest BCUT2D eigenvalue weighted by molar-refractivity contribution is 0.134. The number of hydrazine groups is 1. The molecule has 0 spiro atoms. The lowest BCUT2D eigenvalue weighted by Gasteiger charge is -2.31. The van der Waals surface area contributed by atoms with E-state index in [2.05, 4.69) is 14.7 Å². The van der Waals surface area contributed by atoms with Gasteiger partial charge in [-0.2, -0.15) is 0 Å². The summed E-state index contributed by atoms with van der Waals surface area (Å²) >= 11 is 0. The van der Waals surface area contributed by atoms with Gasteiger partial charge < -0.3 is 10.6 Å². The molecular formula is C11H19N5O2S. The van der Waals surface area contributed by atoms with E-state index in [1.807, 2.05) is 7.05 Å². The van der Waals surface area contributed by atoms with Crippen LogP contribution in [0.4, 0.5) is 0 Å². The van der Waals surface area contributed by atoms with Crippen LogP contribution >= 0.6 is 0 Å². The monoisotopic (exact) mass is 285 g/mol. The Bertz CT molecular complexity index is 508. The van der Waals surface area contributed by atoms with E-state index >= 15 is 0 Å². The van der Waals surface area contributed by atoms with Crippen LogP contribution in [0.25, 0.3) is 0 Å². The van der Waals surface area contributed by atoms with Crippen LogP contribution in [0.5, 0.6) is 0 Å². The summed E-state index contributed by atoms with van der Waals surface area (Å²) in [6.45, 7) is 3.34. The predicted octanol–water partition coefficient (Wildman–Crippen LogP) is -1.02. The SMILES string of the molecule is CN1CCN(NS(=O)(=O)c2ccc(CN)cn2)CC1. The van der Waals surface area contributed by atoms with E-state index in [0.29, 0.717) is 19.6 Å². The first-order chi connectivity index (χ1) is 9.01. The minimum Gasteiger partial charge on any atom is -0.326 e. The molecule has 0 aliphatic carbocycles. The van der Waals surface area contributed by atoms with Gasteiger partial charge in [0.1, 0.15) is 0 Å². The Morgan fingerprint density at radius 2 is 2.00 bits per heavy atom. The van der Waals surface area contributed by atoms with Gasteiger partial charge in [0.05, 0.1) is 0 Å². The van der Waals surface area contributed by atoms with Crippen LogP contribution in [-0.2, 0) is 16.6 Å². The molecule has 0 amide bonds. The molecule has 106 valence electrons. The number of aromatic nitrogens is 1. The highest BCUT2D eigenvalue weighted by molar-refractivity contribution is 7.89. The minimum atomic E-state index is -3.60. The number of piperazine rings is 1. The third-order valence-corrected chi connectivity index (χ3v) is 4.35. The highest BCUT2D eigenvalue weighted by atomic mass is 32.2. The molecule has 0 aromatic carbocycles. The van der Waals surface area contributed by atoms with E-state index in [1.54, 1.807) is 11.1 Å². The molecule has 8 heteroatoms. The Balaban J connectivity index is 2.05. The largest absolute Gasteiger partial charge is 0.326 e. The summed E-state index contributed by atoms with van der Waals surface area (Å²) in [6.07, 6.45) is 1.48. The zero-order chi connectivity index (χ0) is 13.9. The average Bonchev–Trinajstić information content (AvgIpc) is 2.41. The molecule has 1 aliphatic rings. The van der Waals surface area contributed by atoms with E-state index in [-0.39, 0.29) is 5.03 Å². The number of pyridine rings is 1. The zero-order valence-corrected chi connectivity index (χ0v) is 11.7. The van der Waals surface area contributed by atoms with Crippen LogP contribution in [0.1, 0.15) is 5.56 Å². The summed E-state index contributed by atoms with van der Waals surface area (Å²) in [7, 11) is -1.58. The van der Waals surface area contributed by atoms with Crippen LogP contribution in [0.2, 0.25) is 0 Å². The Hall–Kier alpha value is -1.06. The standard InChI is InChI=1S/C11H19N5O2S/c1-15-4-6-16(7-5-15)14-19(17,18)11-3-2-10(8-12)9-13-11/h2-3,9,14H,4-8,12H2,1H3. The number of rotatable bonds is 4. The lowest BCUT2D eigenvalue weighted by Crippen LogP contribution is -2.52. The fourth-order valence-corrected chi connectivity index (χ4v) is 2.86. The van der Waals surface area contributed by atoms with Crippen molar-refractivity contribution in [1.29, 1.82) is 0 Å². The number of nitrogens with two attached hydrogens (primary N) is 1. The third-order valence-electron chi connectivity index (χ3n) is 3.06. The fraction of sp³-hybridized carbons (Fsp3) is 0.545. The molecule has 1 aromatic heterocycles. The maximum atomic E-state index is 12.1. The number of likely N-dealkylation sites (N-methyl/N-ethyl adjacent to an activating group) is 1. The molecule has 0 atom stereocenters. The van der Waals surface area contributed by atoms with Crippen molar-refractivity contribution in [3.63, 3.8) is 0 Å². The minimum absolute atomic E-state index is 0.0172.